The van der Waals surface area contributed by atoms with Crippen molar-refractivity contribution in [3.05, 3.63) is 88.5 Å². The van der Waals surface area contributed by atoms with Gasteiger partial charge in [-0.05, 0) is 26.3 Å². The minimum atomic E-state index is -0.321. The van der Waals surface area contributed by atoms with Gasteiger partial charge in [0.25, 0.3) is 5.82 Å². The first-order valence-corrected chi connectivity index (χ1v) is 9.18. The highest BCUT2D eigenvalue weighted by molar-refractivity contribution is 6.26. The summed E-state index contributed by atoms with van der Waals surface area (Å²) in [6.07, 6.45) is 0. The number of benzene rings is 2. The molecule has 0 unspecified atom stereocenters. The highest BCUT2D eigenvalue weighted by atomic mass is 79.9. The van der Waals surface area contributed by atoms with Crippen LogP contribution in [-0.2, 0) is 12.1 Å². The Morgan fingerprint density at radius 3 is 1.96 bits per heavy atom. The molecule has 0 fully saturated rings. The lowest BCUT2D eigenvalue weighted by molar-refractivity contribution is -0.695. The summed E-state index contributed by atoms with van der Waals surface area (Å²) in [4.78, 5) is 26.7. The number of ketones is 2. The molecule has 1 aromatic heterocycles. The minimum absolute atomic E-state index is 0. The second-order valence-electron chi connectivity index (χ2n) is 8.03. The number of aromatic nitrogens is 2. The summed E-state index contributed by atoms with van der Waals surface area (Å²) < 4.78 is 4.01. The Morgan fingerprint density at radius 2 is 1.39 bits per heavy atom. The molecule has 0 saturated carbocycles. The Balaban J connectivity index is 0.00000225. The van der Waals surface area contributed by atoms with Crippen LogP contribution in [0.5, 0.6) is 0 Å². The predicted molar refractivity (Wildman–Crippen MR) is 103 cm³/mol. The molecule has 4 nitrogen and oxygen atoms in total. The third kappa shape index (κ3) is 3.04. The van der Waals surface area contributed by atoms with E-state index in [2.05, 4.69) is 20.8 Å². The fourth-order valence-electron chi connectivity index (χ4n) is 4.03. The molecule has 0 N–H and O–H groups in total. The van der Waals surface area contributed by atoms with Crippen molar-refractivity contribution in [3.8, 4) is 0 Å². The Hall–Kier alpha value is -2.53. The third-order valence-corrected chi connectivity index (χ3v) is 5.13. The second-order valence-corrected chi connectivity index (χ2v) is 8.03. The number of hydrogen-bond acceptors (Lipinski definition) is 2. The van der Waals surface area contributed by atoms with Gasteiger partial charge in [-0.3, -0.25) is 9.59 Å². The van der Waals surface area contributed by atoms with Crippen molar-refractivity contribution >= 4 is 11.6 Å². The van der Waals surface area contributed by atoms with Crippen LogP contribution in [0.1, 0.15) is 64.3 Å². The number of rotatable bonds is 2. The van der Waals surface area contributed by atoms with Crippen LogP contribution in [0, 0.1) is 6.92 Å². The first-order chi connectivity index (χ1) is 12.8. The molecule has 3 aromatic rings. The molecule has 0 spiro atoms. The van der Waals surface area contributed by atoms with E-state index < -0.39 is 0 Å². The second kappa shape index (κ2) is 7.13. The number of nitrogens with zero attached hydrogens (tertiary/aromatic N) is 2. The van der Waals surface area contributed by atoms with Crippen LogP contribution in [0.3, 0.4) is 0 Å². The first kappa shape index (κ1) is 20.2. The van der Waals surface area contributed by atoms with Gasteiger partial charge >= 0.3 is 0 Å². The van der Waals surface area contributed by atoms with E-state index in [0.717, 1.165) is 11.4 Å². The fraction of sp³-hybridized carbons (Fsp3) is 0.261. The number of fused-ring (bicyclic) bond motifs is 2. The summed E-state index contributed by atoms with van der Waals surface area (Å²) in [5.74, 6) is 0.748. The SMILES string of the molecule is Cc1n(C(C)(C)C)c2c([n+]1Cc1ccccc1)C(=O)c1ccccc1C2=O.[Br-]. The van der Waals surface area contributed by atoms with E-state index in [1.165, 1.54) is 0 Å². The number of carbonyl (C=O) groups is 2. The van der Waals surface area contributed by atoms with Gasteiger partial charge in [-0.15, -0.1) is 0 Å². The van der Waals surface area contributed by atoms with E-state index in [1.54, 1.807) is 12.1 Å². The van der Waals surface area contributed by atoms with Crippen molar-refractivity contribution in [2.24, 2.45) is 0 Å². The summed E-state index contributed by atoms with van der Waals surface area (Å²) in [6.45, 7) is 8.72. The van der Waals surface area contributed by atoms with E-state index in [4.69, 9.17) is 0 Å². The number of imidazole rings is 1. The van der Waals surface area contributed by atoms with Gasteiger partial charge < -0.3 is 17.0 Å². The zero-order chi connectivity index (χ0) is 19.3. The van der Waals surface area contributed by atoms with Gasteiger partial charge in [-0.1, -0.05) is 54.6 Å². The summed E-state index contributed by atoms with van der Waals surface area (Å²) in [5.41, 5.74) is 2.75. The van der Waals surface area contributed by atoms with E-state index >= 15 is 0 Å². The third-order valence-electron chi connectivity index (χ3n) is 5.13. The van der Waals surface area contributed by atoms with E-state index in [9.17, 15) is 9.59 Å². The molecule has 144 valence electrons. The molecule has 0 amide bonds. The molecule has 0 aliphatic heterocycles. The number of halogens is 1. The van der Waals surface area contributed by atoms with Gasteiger partial charge in [0, 0.05) is 18.1 Å². The lowest BCUT2D eigenvalue weighted by Crippen LogP contribution is -3.00. The Kier molecular flexibility index (Phi) is 5.15. The zero-order valence-corrected chi connectivity index (χ0v) is 18.1. The maximum Gasteiger partial charge on any atom is 0.255 e. The summed E-state index contributed by atoms with van der Waals surface area (Å²) in [7, 11) is 0. The molecule has 0 bridgehead atoms. The molecule has 1 aliphatic carbocycles. The summed E-state index contributed by atoms with van der Waals surface area (Å²) in [6, 6.07) is 17.1. The molecule has 28 heavy (non-hydrogen) atoms. The summed E-state index contributed by atoms with van der Waals surface area (Å²) in [5, 5.41) is 0. The van der Waals surface area contributed by atoms with E-state index in [-0.39, 0.29) is 34.1 Å². The zero-order valence-electron chi connectivity index (χ0n) is 16.5. The van der Waals surface area contributed by atoms with Gasteiger partial charge in [0.15, 0.2) is 0 Å². The molecule has 0 radical (unpaired) electrons. The minimum Gasteiger partial charge on any atom is -1.00 e. The lowest BCUT2D eigenvalue weighted by Gasteiger charge is -2.20. The first-order valence-electron chi connectivity index (χ1n) is 9.18. The maximum atomic E-state index is 13.4. The van der Waals surface area contributed by atoms with Crippen LogP contribution < -0.4 is 21.5 Å². The lowest BCUT2D eigenvalue weighted by atomic mass is 9.89. The van der Waals surface area contributed by atoms with Crippen LogP contribution in [-0.4, -0.2) is 16.1 Å². The quantitative estimate of drug-likeness (QED) is 0.431. The number of hydrogen-bond donors (Lipinski definition) is 0. The van der Waals surface area contributed by atoms with Crippen molar-refractivity contribution in [1.82, 2.24) is 4.57 Å². The smallest absolute Gasteiger partial charge is 0.255 e. The van der Waals surface area contributed by atoms with E-state index in [0.29, 0.717) is 29.1 Å². The van der Waals surface area contributed by atoms with Crippen molar-refractivity contribution in [2.45, 2.75) is 39.8 Å². The van der Waals surface area contributed by atoms with Crippen molar-refractivity contribution < 1.29 is 31.1 Å². The maximum absolute atomic E-state index is 13.4. The Morgan fingerprint density at radius 1 is 0.857 bits per heavy atom. The van der Waals surface area contributed by atoms with Crippen LogP contribution in [0.4, 0.5) is 0 Å². The van der Waals surface area contributed by atoms with Crippen molar-refractivity contribution in [2.75, 3.05) is 0 Å². The van der Waals surface area contributed by atoms with Gasteiger partial charge in [-0.25, -0.2) is 9.13 Å². The van der Waals surface area contributed by atoms with Crippen LogP contribution >= 0.6 is 0 Å². The molecule has 5 heteroatoms. The normalized spacial score (nSPS) is 13.0. The van der Waals surface area contributed by atoms with Crippen molar-refractivity contribution in [1.29, 1.82) is 0 Å². The molecule has 1 heterocycles. The van der Waals surface area contributed by atoms with E-state index in [1.807, 2.05) is 58.5 Å². The summed E-state index contributed by atoms with van der Waals surface area (Å²) >= 11 is 0. The standard InChI is InChI=1S/C23H23N2O2.BrH/c1-15-24(14-16-10-6-5-7-11-16)19-20(25(15)23(2,3)4)22(27)18-13-9-8-12-17(18)21(19)26;/h5-13H,14H2,1-4H3;1H/q+1;/p-1. The van der Waals surface area contributed by atoms with Crippen LogP contribution in [0.2, 0.25) is 0 Å². The molecule has 0 atom stereocenters. The average molecular weight is 439 g/mol. The van der Waals surface area contributed by atoms with Crippen molar-refractivity contribution in [3.63, 3.8) is 0 Å². The monoisotopic (exact) mass is 438 g/mol. The number of carbonyl (C=O) groups excluding carboxylic acids is 2. The van der Waals surface area contributed by atoms with Gasteiger partial charge in [0.1, 0.15) is 12.1 Å². The molecule has 2 aromatic carbocycles. The van der Waals surface area contributed by atoms with Gasteiger partial charge in [0.2, 0.25) is 23.0 Å². The van der Waals surface area contributed by atoms with Crippen LogP contribution in [0.15, 0.2) is 54.6 Å². The molecule has 0 saturated heterocycles. The molecule has 4 rings (SSSR count). The molecule has 1 aliphatic rings. The highest BCUT2D eigenvalue weighted by Gasteiger charge is 2.45. The Labute approximate surface area is 175 Å². The topological polar surface area (TPSA) is 43.0 Å². The predicted octanol–water partition coefficient (Wildman–Crippen LogP) is 0.667. The van der Waals surface area contributed by atoms with Crippen LogP contribution in [0.25, 0.3) is 0 Å². The largest absolute Gasteiger partial charge is 1.00 e. The van der Waals surface area contributed by atoms with Gasteiger partial charge in [-0.2, -0.15) is 0 Å². The van der Waals surface area contributed by atoms with Gasteiger partial charge in [0.05, 0.1) is 0 Å². The molecular formula is C23H23BrN2O2. The highest BCUT2D eigenvalue weighted by Crippen LogP contribution is 2.31. The fourth-order valence-corrected chi connectivity index (χ4v) is 4.03. The molecular weight excluding hydrogens is 416 g/mol. The Bertz CT molecular complexity index is 1080. The average Bonchev–Trinajstić information content (AvgIpc) is 2.94.